The van der Waals surface area contributed by atoms with Gasteiger partial charge in [-0.2, -0.15) is 13.5 Å². The number of hydrogen-bond acceptors (Lipinski definition) is 7. The van der Waals surface area contributed by atoms with Crippen molar-refractivity contribution in [1.82, 2.24) is 0 Å². The van der Waals surface area contributed by atoms with Gasteiger partial charge < -0.3 is 15.2 Å². The van der Waals surface area contributed by atoms with E-state index in [1.54, 1.807) is 0 Å². The molecule has 0 heterocycles. The molecule has 0 unspecified atom stereocenters. The van der Waals surface area contributed by atoms with E-state index in [0.29, 0.717) is 11.2 Å². The van der Waals surface area contributed by atoms with Crippen LogP contribution in [0.15, 0.2) is 69.7 Å². The summed E-state index contributed by atoms with van der Waals surface area (Å²) in [4.78, 5) is -0.488. The van der Waals surface area contributed by atoms with Crippen molar-refractivity contribution >= 4 is 44.8 Å². The van der Waals surface area contributed by atoms with Gasteiger partial charge in [-0.05, 0) is 35.1 Å². The number of hydrogen-bond donors (Lipinski definition) is 3. The van der Waals surface area contributed by atoms with Gasteiger partial charge >= 0.3 is 36.7 Å². The van der Waals surface area contributed by atoms with E-state index in [0.717, 1.165) is 6.07 Å². The third-order valence-electron chi connectivity index (χ3n) is 3.68. The topological polar surface area (TPSA) is 143 Å². The van der Waals surface area contributed by atoms with Crippen LogP contribution in [0.25, 0.3) is 10.8 Å². The zero-order chi connectivity index (χ0) is 18.9. The second kappa shape index (κ2) is 8.49. The molecule has 0 spiro atoms. The molecule has 0 saturated heterocycles. The zero-order valence-corrected chi connectivity index (χ0v) is 17.0. The largest absolute Gasteiger partial charge is 1.00 e. The molecule has 0 amide bonds. The number of azo groups is 1. The molecule has 0 bridgehead atoms. The molecular formula is C16H12BN2NaO6S. The number of rotatable bonds is 4. The van der Waals surface area contributed by atoms with Crippen LogP contribution in [0.5, 0.6) is 5.75 Å². The molecule has 0 aliphatic carbocycles. The van der Waals surface area contributed by atoms with Crippen molar-refractivity contribution in [1.29, 1.82) is 0 Å². The Hall–Kier alpha value is -1.79. The first-order valence-corrected chi connectivity index (χ1v) is 8.79. The molecule has 0 aliphatic rings. The Labute approximate surface area is 177 Å². The van der Waals surface area contributed by atoms with Crippen LogP contribution in [0.3, 0.4) is 0 Å². The van der Waals surface area contributed by atoms with Crippen LogP contribution < -0.4 is 40.1 Å². The van der Waals surface area contributed by atoms with E-state index >= 15 is 0 Å². The first kappa shape index (κ1) is 21.5. The SMILES string of the molecule is O=S(=O)(O)c1ccc(N=Nc2ccc(B(O)O)cc2)c2cccc([O-])c12.[Na+]. The van der Waals surface area contributed by atoms with Gasteiger partial charge in [-0.15, -0.1) is 5.11 Å². The molecule has 3 aromatic carbocycles. The predicted molar refractivity (Wildman–Crippen MR) is 93.7 cm³/mol. The normalized spacial score (nSPS) is 11.5. The fraction of sp³-hybridized carbons (Fsp3) is 0. The van der Waals surface area contributed by atoms with Gasteiger partial charge in [0.05, 0.1) is 11.4 Å². The first-order valence-electron chi connectivity index (χ1n) is 7.35. The molecule has 27 heavy (non-hydrogen) atoms. The van der Waals surface area contributed by atoms with E-state index in [9.17, 15) is 18.1 Å². The summed E-state index contributed by atoms with van der Waals surface area (Å²) in [7, 11) is -6.16. The first-order chi connectivity index (χ1) is 12.3. The summed E-state index contributed by atoms with van der Waals surface area (Å²) in [6.45, 7) is 0. The molecule has 0 saturated carbocycles. The second-order valence-corrected chi connectivity index (χ2v) is 6.79. The van der Waals surface area contributed by atoms with Crippen molar-refractivity contribution in [2.24, 2.45) is 10.2 Å². The second-order valence-electron chi connectivity index (χ2n) is 5.40. The van der Waals surface area contributed by atoms with E-state index < -0.39 is 27.9 Å². The standard InChI is InChI=1S/C16H13BN2O6S.Na/c20-14-3-1-2-12-13(8-9-15(16(12)14)26(23,24)25)19-18-11-6-4-10(5-7-11)17(21)22;/h1-9,20-22H,(H,23,24,25);/q;+1/p-1. The Balaban J connectivity index is 0.00000261. The zero-order valence-electron chi connectivity index (χ0n) is 14.1. The smallest absolute Gasteiger partial charge is 0.872 e. The van der Waals surface area contributed by atoms with E-state index in [4.69, 9.17) is 10.0 Å². The molecule has 132 valence electrons. The number of nitrogens with zero attached hydrogens (tertiary/aromatic N) is 2. The van der Waals surface area contributed by atoms with Crippen molar-refractivity contribution in [3.63, 3.8) is 0 Å². The van der Waals surface area contributed by atoms with Crippen molar-refractivity contribution in [2.45, 2.75) is 4.90 Å². The molecule has 3 aromatic rings. The van der Waals surface area contributed by atoms with Crippen LogP contribution in [-0.4, -0.2) is 30.1 Å². The molecule has 0 aliphatic heterocycles. The van der Waals surface area contributed by atoms with E-state index in [2.05, 4.69) is 10.2 Å². The number of benzene rings is 3. The van der Waals surface area contributed by atoms with Gasteiger partial charge in [0.2, 0.25) is 0 Å². The molecular weight excluding hydrogens is 382 g/mol. The van der Waals surface area contributed by atoms with Crippen LogP contribution in [0.1, 0.15) is 0 Å². The van der Waals surface area contributed by atoms with Gasteiger partial charge in [0.25, 0.3) is 10.1 Å². The van der Waals surface area contributed by atoms with Crippen LogP contribution in [-0.2, 0) is 10.1 Å². The van der Waals surface area contributed by atoms with Crippen LogP contribution in [0.2, 0.25) is 0 Å². The van der Waals surface area contributed by atoms with Crippen molar-refractivity contribution in [3.05, 3.63) is 54.6 Å². The Bertz CT molecular complexity index is 1100. The van der Waals surface area contributed by atoms with Crippen LogP contribution >= 0.6 is 0 Å². The van der Waals surface area contributed by atoms with Gasteiger partial charge in [-0.3, -0.25) is 4.55 Å². The summed E-state index contributed by atoms with van der Waals surface area (Å²) in [5, 5.41) is 38.3. The Morgan fingerprint density at radius 1 is 0.926 bits per heavy atom. The maximum absolute atomic E-state index is 12.1. The summed E-state index contributed by atoms with van der Waals surface area (Å²) in [5.74, 6) is -0.562. The Morgan fingerprint density at radius 2 is 1.59 bits per heavy atom. The molecule has 3 rings (SSSR count). The molecule has 3 N–H and O–H groups in total. The fourth-order valence-corrected chi connectivity index (χ4v) is 3.16. The maximum atomic E-state index is 12.1. The summed E-state index contributed by atoms with van der Waals surface area (Å²) >= 11 is 0. The Kier molecular flexibility index (Phi) is 6.76. The molecule has 0 atom stereocenters. The monoisotopic (exact) mass is 394 g/mol. The van der Waals surface area contributed by atoms with Crippen LogP contribution in [0, 0.1) is 0 Å². The summed E-state index contributed by atoms with van der Waals surface area (Å²) in [6, 6.07) is 12.6. The quantitative estimate of drug-likeness (QED) is 0.272. The molecule has 0 radical (unpaired) electrons. The van der Waals surface area contributed by atoms with Gasteiger partial charge in [0, 0.05) is 5.39 Å². The molecule has 8 nitrogen and oxygen atoms in total. The minimum absolute atomic E-state index is 0. The fourth-order valence-electron chi connectivity index (χ4n) is 2.45. The average Bonchev–Trinajstić information content (AvgIpc) is 2.59. The minimum Gasteiger partial charge on any atom is -0.872 e. The molecule has 0 fully saturated rings. The predicted octanol–water partition coefficient (Wildman–Crippen LogP) is -1.74. The minimum atomic E-state index is -4.57. The summed E-state index contributed by atoms with van der Waals surface area (Å²) < 4.78 is 32.3. The summed E-state index contributed by atoms with van der Waals surface area (Å²) in [5.41, 5.74) is 0.957. The van der Waals surface area contributed by atoms with Gasteiger partial charge in [-0.25, -0.2) is 0 Å². The molecule has 0 aromatic heterocycles. The summed E-state index contributed by atoms with van der Waals surface area (Å²) in [6.07, 6.45) is 0. The maximum Gasteiger partial charge on any atom is 1.00 e. The number of fused-ring (bicyclic) bond motifs is 1. The van der Waals surface area contributed by atoms with Gasteiger partial charge in [-0.1, -0.05) is 36.1 Å². The van der Waals surface area contributed by atoms with Crippen molar-refractivity contribution < 1.29 is 57.7 Å². The average molecular weight is 394 g/mol. The van der Waals surface area contributed by atoms with E-state index in [-0.39, 0.29) is 46.0 Å². The van der Waals surface area contributed by atoms with Gasteiger partial charge in [0.1, 0.15) is 4.90 Å². The van der Waals surface area contributed by atoms with E-state index in [1.165, 1.54) is 48.5 Å². The molecule has 11 heteroatoms. The van der Waals surface area contributed by atoms with E-state index in [1.807, 2.05) is 0 Å². The van der Waals surface area contributed by atoms with Crippen molar-refractivity contribution in [3.8, 4) is 5.75 Å². The van der Waals surface area contributed by atoms with Gasteiger partial charge in [0.15, 0.2) is 0 Å². The Morgan fingerprint density at radius 3 is 2.19 bits per heavy atom. The third-order valence-corrected chi connectivity index (χ3v) is 4.58. The van der Waals surface area contributed by atoms with Crippen molar-refractivity contribution in [2.75, 3.05) is 0 Å². The van der Waals surface area contributed by atoms with Crippen LogP contribution in [0.4, 0.5) is 11.4 Å². The third kappa shape index (κ3) is 4.74.